The van der Waals surface area contributed by atoms with Gasteiger partial charge >= 0.3 is 5.97 Å². The molecule has 0 aliphatic rings. The molecule has 0 atom stereocenters. The molecule has 4 aromatic rings. The molecule has 0 unspecified atom stereocenters. The van der Waals surface area contributed by atoms with Crippen LogP contribution in [0.25, 0.3) is 28.4 Å². The number of hydrogen-bond acceptors (Lipinski definition) is 6. The summed E-state index contributed by atoms with van der Waals surface area (Å²) in [5.74, 6) is 0.204. The number of benzene rings is 3. The van der Waals surface area contributed by atoms with E-state index in [2.05, 4.69) is 0 Å². The van der Waals surface area contributed by atoms with Gasteiger partial charge in [0.05, 0.1) is 24.6 Å². The number of ether oxygens (including phenoxy) is 3. The number of carbonyl (C=O) groups is 1. The maximum Gasteiger partial charge on any atom is 0.336 e. The lowest BCUT2D eigenvalue weighted by atomic mass is 10.1. The average molecular weight is 491 g/mol. The first-order valence-electron chi connectivity index (χ1n) is 10.8. The van der Waals surface area contributed by atoms with Crippen molar-refractivity contribution in [3.8, 4) is 28.6 Å². The van der Waals surface area contributed by atoms with Gasteiger partial charge in [-0.3, -0.25) is 4.79 Å². The second-order valence-electron chi connectivity index (χ2n) is 7.90. The van der Waals surface area contributed by atoms with Crippen LogP contribution >= 0.6 is 11.6 Å². The highest BCUT2D eigenvalue weighted by Gasteiger charge is 2.22. The Labute approximate surface area is 207 Å². The third kappa shape index (κ3) is 4.93. The van der Waals surface area contributed by atoms with Crippen LogP contribution in [0, 0.1) is 13.8 Å². The largest absolute Gasteiger partial charge is 0.493 e. The van der Waals surface area contributed by atoms with Crippen molar-refractivity contribution < 1.29 is 23.4 Å². The summed E-state index contributed by atoms with van der Waals surface area (Å²) in [6.45, 7) is 3.73. The molecule has 35 heavy (non-hydrogen) atoms. The van der Waals surface area contributed by atoms with Gasteiger partial charge in [0.1, 0.15) is 5.58 Å². The van der Waals surface area contributed by atoms with Crippen molar-refractivity contribution in [2.45, 2.75) is 13.8 Å². The van der Waals surface area contributed by atoms with E-state index in [4.69, 9.17) is 30.2 Å². The van der Waals surface area contributed by atoms with Gasteiger partial charge in [-0.1, -0.05) is 35.9 Å². The molecule has 0 amide bonds. The van der Waals surface area contributed by atoms with Crippen molar-refractivity contribution in [3.63, 3.8) is 0 Å². The van der Waals surface area contributed by atoms with Crippen molar-refractivity contribution in [1.29, 1.82) is 0 Å². The van der Waals surface area contributed by atoms with Gasteiger partial charge in [0, 0.05) is 11.6 Å². The minimum atomic E-state index is -0.746. The summed E-state index contributed by atoms with van der Waals surface area (Å²) >= 11 is 6.39. The van der Waals surface area contributed by atoms with Crippen LogP contribution in [0.2, 0.25) is 5.02 Å². The molecule has 0 saturated heterocycles. The van der Waals surface area contributed by atoms with E-state index < -0.39 is 11.4 Å². The maximum atomic E-state index is 13.5. The predicted molar refractivity (Wildman–Crippen MR) is 137 cm³/mol. The summed E-state index contributed by atoms with van der Waals surface area (Å²) in [6, 6.07) is 15.7. The molecular formula is C28H23ClO6. The summed E-state index contributed by atoms with van der Waals surface area (Å²) in [4.78, 5) is 26.2. The molecule has 7 heteroatoms. The van der Waals surface area contributed by atoms with Gasteiger partial charge in [-0.05, 0) is 66.9 Å². The van der Waals surface area contributed by atoms with E-state index in [-0.39, 0.29) is 11.5 Å². The molecule has 6 nitrogen and oxygen atoms in total. The Hall–Kier alpha value is -4.03. The Balaban J connectivity index is 1.78. The standard InChI is InChI=1S/C28H23ClO6/c1-16-13-17(2)26-20(14-16)25(31)28(27(35-26)19-7-5-6-8-21(19)29)34-24(30)12-10-18-9-11-22(32-3)23(15-18)33-4/h5-15H,1-4H3/b12-10+. The van der Waals surface area contributed by atoms with Crippen LogP contribution in [0.15, 0.2) is 69.9 Å². The number of aryl methyl sites for hydroxylation is 2. The van der Waals surface area contributed by atoms with Gasteiger partial charge in [-0.15, -0.1) is 0 Å². The van der Waals surface area contributed by atoms with Crippen molar-refractivity contribution in [2.24, 2.45) is 0 Å². The number of carbonyl (C=O) groups excluding carboxylic acids is 1. The highest BCUT2D eigenvalue weighted by atomic mass is 35.5. The van der Waals surface area contributed by atoms with E-state index in [9.17, 15) is 9.59 Å². The summed E-state index contributed by atoms with van der Waals surface area (Å²) in [6.07, 6.45) is 2.78. The number of rotatable bonds is 6. The van der Waals surface area contributed by atoms with Crippen molar-refractivity contribution in [2.75, 3.05) is 14.2 Å². The molecule has 178 valence electrons. The lowest BCUT2D eigenvalue weighted by molar-refractivity contribution is -0.129. The Kier molecular flexibility index (Phi) is 6.94. The number of halogens is 1. The first-order chi connectivity index (χ1) is 16.8. The maximum absolute atomic E-state index is 13.5. The molecule has 4 rings (SSSR count). The fraction of sp³-hybridized carbons (Fsp3) is 0.143. The Morgan fingerprint density at radius 1 is 0.971 bits per heavy atom. The van der Waals surface area contributed by atoms with E-state index in [1.807, 2.05) is 19.9 Å². The van der Waals surface area contributed by atoms with Gasteiger partial charge in [0.25, 0.3) is 0 Å². The first kappa shape index (κ1) is 24.1. The SMILES string of the molecule is COc1ccc(/C=C/C(=O)Oc2c(-c3ccccc3Cl)oc3c(C)cc(C)cc3c2=O)cc1OC. The second-order valence-corrected chi connectivity index (χ2v) is 8.30. The average Bonchev–Trinajstić information content (AvgIpc) is 2.85. The molecule has 0 bridgehead atoms. The number of esters is 1. The molecule has 0 saturated carbocycles. The molecular weight excluding hydrogens is 468 g/mol. The topological polar surface area (TPSA) is 75.0 Å². The zero-order valence-corrected chi connectivity index (χ0v) is 20.4. The lowest BCUT2D eigenvalue weighted by Crippen LogP contribution is -2.15. The fourth-order valence-electron chi connectivity index (χ4n) is 3.80. The van der Waals surface area contributed by atoms with Crippen molar-refractivity contribution in [3.05, 3.63) is 92.6 Å². The smallest absolute Gasteiger partial charge is 0.336 e. The Morgan fingerprint density at radius 2 is 1.71 bits per heavy atom. The molecule has 0 N–H and O–H groups in total. The summed E-state index contributed by atoms with van der Waals surface area (Å²) in [5, 5.41) is 0.683. The van der Waals surface area contributed by atoms with E-state index in [1.165, 1.54) is 13.2 Å². The molecule has 0 spiro atoms. The van der Waals surface area contributed by atoms with Crippen LogP contribution in [0.5, 0.6) is 17.2 Å². The Morgan fingerprint density at radius 3 is 2.43 bits per heavy atom. The zero-order valence-electron chi connectivity index (χ0n) is 19.7. The number of fused-ring (bicyclic) bond motifs is 1. The minimum Gasteiger partial charge on any atom is -0.493 e. The van der Waals surface area contributed by atoms with Gasteiger partial charge < -0.3 is 18.6 Å². The van der Waals surface area contributed by atoms with E-state index in [0.29, 0.717) is 38.6 Å². The number of methoxy groups -OCH3 is 2. The second kappa shape index (κ2) is 10.1. The summed E-state index contributed by atoms with van der Waals surface area (Å²) < 4.78 is 22.2. The number of hydrogen-bond donors (Lipinski definition) is 0. The highest BCUT2D eigenvalue weighted by molar-refractivity contribution is 6.33. The van der Waals surface area contributed by atoms with Crippen LogP contribution < -0.4 is 19.6 Å². The fourth-order valence-corrected chi connectivity index (χ4v) is 4.02. The quantitative estimate of drug-likeness (QED) is 0.231. The highest BCUT2D eigenvalue weighted by Crippen LogP contribution is 2.36. The van der Waals surface area contributed by atoms with Crippen molar-refractivity contribution >= 4 is 34.6 Å². The zero-order chi connectivity index (χ0) is 25.1. The summed E-state index contributed by atoms with van der Waals surface area (Å²) in [5.41, 5.74) is 2.76. The Bertz CT molecular complexity index is 1520. The van der Waals surface area contributed by atoms with E-state index >= 15 is 0 Å². The molecule has 0 aliphatic carbocycles. The third-order valence-corrected chi connectivity index (χ3v) is 5.75. The van der Waals surface area contributed by atoms with E-state index in [1.54, 1.807) is 61.7 Å². The summed E-state index contributed by atoms with van der Waals surface area (Å²) in [7, 11) is 3.07. The molecule has 1 aromatic heterocycles. The third-order valence-electron chi connectivity index (χ3n) is 5.42. The lowest BCUT2D eigenvalue weighted by Gasteiger charge is -2.12. The van der Waals surface area contributed by atoms with Gasteiger partial charge in [0.2, 0.25) is 11.2 Å². The van der Waals surface area contributed by atoms with E-state index in [0.717, 1.165) is 11.1 Å². The molecule has 0 fully saturated rings. The van der Waals surface area contributed by atoms with Gasteiger partial charge in [0.15, 0.2) is 17.3 Å². The van der Waals surface area contributed by atoms with Crippen LogP contribution in [0.1, 0.15) is 16.7 Å². The van der Waals surface area contributed by atoms with Crippen LogP contribution in [-0.4, -0.2) is 20.2 Å². The van der Waals surface area contributed by atoms with Crippen molar-refractivity contribution in [1.82, 2.24) is 0 Å². The van der Waals surface area contributed by atoms with Crippen LogP contribution in [0.4, 0.5) is 0 Å². The molecule has 1 heterocycles. The van der Waals surface area contributed by atoms with Gasteiger partial charge in [-0.25, -0.2) is 4.79 Å². The van der Waals surface area contributed by atoms with Crippen LogP contribution in [0.3, 0.4) is 0 Å². The normalized spacial score (nSPS) is 11.1. The predicted octanol–water partition coefficient (Wildman–Crippen LogP) is 6.37. The minimum absolute atomic E-state index is 0.0907. The molecule has 0 radical (unpaired) electrons. The van der Waals surface area contributed by atoms with Gasteiger partial charge in [-0.2, -0.15) is 0 Å². The van der Waals surface area contributed by atoms with Crippen LogP contribution in [-0.2, 0) is 4.79 Å². The first-order valence-corrected chi connectivity index (χ1v) is 11.1. The molecule has 0 aliphatic heterocycles. The molecule has 3 aromatic carbocycles. The monoisotopic (exact) mass is 490 g/mol.